The Bertz CT molecular complexity index is 151. The van der Waals surface area contributed by atoms with E-state index in [-0.39, 0.29) is 0 Å². The third-order valence-corrected chi connectivity index (χ3v) is 3.12. The maximum Gasteiger partial charge on any atom is 0.133 e. The molecule has 1 heterocycles. The lowest BCUT2D eigenvalue weighted by atomic mass is 9.93. The van der Waals surface area contributed by atoms with Gasteiger partial charge in [-0.25, -0.2) is 0 Å². The summed E-state index contributed by atoms with van der Waals surface area (Å²) in [5.74, 6) is 0.939. The smallest absolute Gasteiger partial charge is 0.133 e. The lowest BCUT2D eigenvalue weighted by molar-refractivity contribution is 0.261. The molecule has 70 valence electrons. The van der Waals surface area contributed by atoms with Crippen LogP contribution in [-0.2, 0) is 0 Å². The van der Waals surface area contributed by atoms with Crippen LogP contribution in [0.1, 0.15) is 32.6 Å². The van der Waals surface area contributed by atoms with Gasteiger partial charge in [-0.2, -0.15) is 0 Å². The standard InChI is InChI=1S/C9H17NS2/c1-2-3-8-4-6-10(7-5-8)9(11)12/h8H,2-7H2,1H3,(H,11,12). The molecule has 12 heavy (non-hydrogen) atoms. The fourth-order valence-corrected chi connectivity index (χ4v) is 2.20. The van der Waals surface area contributed by atoms with Gasteiger partial charge >= 0.3 is 0 Å². The molecular weight excluding hydrogens is 186 g/mol. The fourth-order valence-electron chi connectivity index (χ4n) is 1.82. The van der Waals surface area contributed by atoms with Gasteiger partial charge in [-0.05, 0) is 18.8 Å². The van der Waals surface area contributed by atoms with Crippen LogP contribution in [0.3, 0.4) is 0 Å². The Balaban J connectivity index is 2.25. The van der Waals surface area contributed by atoms with Gasteiger partial charge in [0.2, 0.25) is 0 Å². The van der Waals surface area contributed by atoms with E-state index < -0.39 is 0 Å². The van der Waals surface area contributed by atoms with Crippen LogP contribution in [0, 0.1) is 5.92 Å². The number of hydrogen-bond acceptors (Lipinski definition) is 1. The van der Waals surface area contributed by atoms with E-state index in [9.17, 15) is 0 Å². The van der Waals surface area contributed by atoms with Crippen LogP contribution in [0.15, 0.2) is 0 Å². The summed E-state index contributed by atoms with van der Waals surface area (Å²) in [6.45, 7) is 4.50. The molecule has 0 N–H and O–H groups in total. The second-order valence-electron chi connectivity index (χ2n) is 3.50. The van der Waals surface area contributed by atoms with Crippen LogP contribution in [0.5, 0.6) is 0 Å². The summed E-state index contributed by atoms with van der Waals surface area (Å²) in [7, 11) is 0. The molecule has 1 aliphatic rings. The molecule has 0 radical (unpaired) electrons. The number of nitrogens with zero attached hydrogens (tertiary/aromatic N) is 1. The molecule has 1 rings (SSSR count). The highest BCUT2D eigenvalue weighted by atomic mass is 32.1. The van der Waals surface area contributed by atoms with Crippen LogP contribution < -0.4 is 0 Å². The first-order chi connectivity index (χ1) is 5.74. The summed E-state index contributed by atoms with van der Waals surface area (Å²) in [6, 6.07) is 0. The summed E-state index contributed by atoms with van der Waals surface area (Å²) >= 11 is 9.19. The Labute approximate surface area is 85.9 Å². The predicted molar refractivity (Wildman–Crippen MR) is 60.8 cm³/mol. The maximum atomic E-state index is 5.01. The van der Waals surface area contributed by atoms with Crippen molar-refractivity contribution >= 4 is 29.2 Å². The van der Waals surface area contributed by atoms with Crippen LogP contribution in [0.4, 0.5) is 0 Å². The zero-order chi connectivity index (χ0) is 8.97. The summed E-state index contributed by atoms with van der Waals surface area (Å²) in [4.78, 5) is 2.20. The number of hydrogen-bond donors (Lipinski definition) is 1. The Morgan fingerprint density at radius 1 is 1.50 bits per heavy atom. The molecule has 0 amide bonds. The molecule has 0 unspecified atom stereocenters. The molecule has 0 aromatic heterocycles. The molecule has 0 aliphatic carbocycles. The molecule has 0 atom stereocenters. The largest absolute Gasteiger partial charge is 0.358 e. The van der Waals surface area contributed by atoms with Gasteiger partial charge in [0, 0.05) is 13.1 Å². The summed E-state index contributed by atoms with van der Waals surface area (Å²) in [5, 5.41) is 0. The van der Waals surface area contributed by atoms with Crippen molar-refractivity contribution in [2.45, 2.75) is 32.6 Å². The highest BCUT2D eigenvalue weighted by Gasteiger charge is 2.18. The SMILES string of the molecule is CCCC1CCN(C(=S)S)CC1. The Kier molecular flexibility index (Phi) is 4.36. The highest BCUT2D eigenvalue weighted by Crippen LogP contribution is 2.22. The van der Waals surface area contributed by atoms with Gasteiger partial charge in [0.05, 0.1) is 0 Å². The van der Waals surface area contributed by atoms with E-state index in [1.165, 1.54) is 25.7 Å². The predicted octanol–water partition coefficient (Wildman–Crippen LogP) is 2.71. The van der Waals surface area contributed by atoms with Gasteiger partial charge in [-0.15, -0.1) is 12.6 Å². The van der Waals surface area contributed by atoms with Gasteiger partial charge in [-0.3, -0.25) is 0 Å². The average Bonchev–Trinajstić information content (AvgIpc) is 2.06. The molecular formula is C9H17NS2. The first kappa shape index (κ1) is 10.3. The van der Waals surface area contributed by atoms with E-state index in [1.54, 1.807) is 0 Å². The minimum atomic E-state index is 0.768. The van der Waals surface area contributed by atoms with E-state index in [0.29, 0.717) is 0 Å². The van der Waals surface area contributed by atoms with Gasteiger partial charge in [0.1, 0.15) is 4.32 Å². The van der Waals surface area contributed by atoms with Crippen molar-refractivity contribution in [3.05, 3.63) is 0 Å². The van der Waals surface area contributed by atoms with Gasteiger partial charge in [0.25, 0.3) is 0 Å². The van der Waals surface area contributed by atoms with Crippen molar-refractivity contribution in [2.75, 3.05) is 13.1 Å². The molecule has 3 heteroatoms. The Morgan fingerprint density at radius 2 is 2.08 bits per heavy atom. The molecule has 0 bridgehead atoms. The number of likely N-dealkylation sites (tertiary alicyclic amines) is 1. The number of rotatable bonds is 2. The van der Waals surface area contributed by atoms with Crippen LogP contribution in [0.25, 0.3) is 0 Å². The van der Waals surface area contributed by atoms with E-state index >= 15 is 0 Å². The second-order valence-corrected chi connectivity index (χ2v) is 4.61. The first-order valence-electron chi connectivity index (χ1n) is 4.72. The fraction of sp³-hybridized carbons (Fsp3) is 0.889. The minimum absolute atomic E-state index is 0.768. The third kappa shape index (κ3) is 2.94. The van der Waals surface area contributed by atoms with Crippen LogP contribution in [-0.4, -0.2) is 22.3 Å². The van der Waals surface area contributed by atoms with E-state index in [4.69, 9.17) is 12.2 Å². The molecule has 0 saturated carbocycles. The molecule has 1 aliphatic heterocycles. The van der Waals surface area contributed by atoms with E-state index in [2.05, 4.69) is 24.5 Å². The van der Waals surface area contributed by atoms with Crippen molar-refractivity contribution in [3.63, 3.8) is 0 Å². The maximum absolute atomic E-state index is 5.01. The van der Waals surface area contributed by atoms with E-state index in [1.807, 2.05) is 0 Å². The molecule has 0 aromatic carbocycles. The normalized spacial score (nSPS) is 19.7. The van der Waals surface area contributed by atoms with Gasteiger partial charge < -0.3 is 4.90 Å². The number of piperidine rings is 1. The molecule has 1 saturated heterocycles. The second kappa shape index (κ2) is 5.07. The van der Waals surface area contributed by atoms with Crippen molar-refractivity contribution in [3.8, 4) is 0 Å². The number of thiocarbonyl (C=S) groups is 1. The van der Waals surface area contributed by atoms with Crippen LogP contribution in [0.2, 0.25) is 0 Å². The van der Waals surface area contributed by atoms with Gasteiger partial charge in [0.15, 0.2) is 0 Å². The Morgan fingerprint density at radius 3 is 2.50 bits per heavy atom. The zero-order valence-corrected chi connectivity index (χ0v) is 9.33. The van der Waals surface area contributed by atoms with E-state index in [0.717, 1.165) is 23.3 Å². The molecule has 1 fully saturated rings. The molecule has 0 spiro atoms. The lowest BCUT2D eigenvalue weighted by Crippen LogP contribution is -2.35. The first-order valence-corrected chi connectivity index (χ1v) is 5.57. The Hall–Kier alpha value is 0.240. The van der Waals surface area contributed by atoms with Crippen molar-refractivity contribution in [1.82, 2.24) is 4.90 Å². The monoisotopic (exact) mass is 203 g/mol. The topological polar surface area (TPSA) is 3.24 Å². The minimum Gasteiger partial charge on any atom is -0.358 e. The quantitative estimate of drug-likeness (QED) is 0.543. The zero-order valence-electron chi connectivity index (χ0n) is 7.62. The molecule has 1 nitrogen and oxygen atoms in total. The average molecular weight is 203 g/mol. The van der Waals surface area contributed by atoms with Crippen molar-refractivity contribution in [1.29, 1.82) is 0 Å². The summed E-state index contributed by atoms with van der Waals surface area (Å²) in [6.07, 6.45) is 5.30. The summed E-state index contributed by atoms with van der Waals surface area (Å²) < 4.78 is 0.768. The van der Waals surface area contributed by atoms with Gasteiger partial charge in [-0.1, -0.05) is 32.0 Å². The van der Waals surface area contributed by atoms with Crippen molar-refractivity contribution in [2.24, 2.45) is 5.92 Å². The summed E-state index contributed by atoms with van der Waals surface area (Å²) in [5.41, 5.74) is 0. The molecule has 0 aromatic rings. The number of thiol groups is 1. The third-order valence-electron chi connectivity index (χ3n) is 2.58. The van der Waals surface area contributed by atoms with Crippen molar-refractivity contribution < 1.29 is 0 Å². The lowest BCUT2D eigenvalue weighted by Gasteiger charge is -2.32. The highest BCUT2D eigenvalue weighted by molar-refractivity contribution is 8.10. The van der Waals surface area contributed by atoms with Crippen LogP contribution >= 0.6 is 24.8 Å².